The monoisotopic (exact) mass is 171 g/mol. The standard InChI is InChI=1S/C9H17NS/c1-4-5-6-7-10-8-9(2)11-3/h9-10H,6-8H2,1-3H3. The predicted octanol–water partition coefficient (Wildman–Crippen LogP) is 1.74. The van der Waals surface area contributed by atoms with Crippen LogP contribution in [0.4, 0.5) is 0 Å². The van der Waals surface area contributed by atoms with Gasteiger partial charge in [-0.1, -0.05) is 6.92 Å². The Morgan fingerprint density at radius 2 is 2.27 bits per heavy atom. The van der Waals surface area contributed by atoms with Gasteiger partial charge in [-0.2, -0.15) is 11.8 Å². The van der Waals surface area contributed by atoms with Gasteiger partial charge in [0.15, 0.2) is 0 Å². The van der Waals surface area contributed by atoms with E-state index in [0.717, 1.165) is 19.5 Å². The van der Waals surface area contributed by atoms with E-state index in [1.807, 2.05) is 18.7 Å². The molecule has 11 heavy (non-hydrogen) atoms. The van der Waals surface area contributed by atoms with Crippen LogP contribution in [0.3, 0.4) is 0 Å². The maximum atomic E-state index is 3.35. The van der Waals surface area contributed by atoms with E-state index in [9.17, 15) is 0 Å². The summed E-state index contributed by atoms with van der Waals surface area (Å²) in [6.07, 6.45) is 3.11. The second-order valence-electron chi connectivity index (χ2n) is 2.43. The average molecular weight is 171 g/mol. The molecule has 0 amide bonds. The van der Waals surface area contributed by atoms with Gasteiger partial charge in [0, 0.05) is 24.8 Å². The molecule has 0 aromatic heterocycles. The Hall–Kier alpha value is -0.130. The van der Waals surface area contributed by atoms with Crippen LogP contribution >= 0.6 is 11.8 Å². The fraction of sp³-hybridized carbons (Fsp3) is 0.778. The zero-order valence-electron chi connectivity index (χ0n) is 7.61. The van der Waals surface area contributed by atoms with Crippen molar-refractivity contribution in [3.8, 4) is 11.8 Å². The molecule has 0 aromatic carbocycles. The Labute approximate surface area is 74.3 Å². The van der Waals surface area contributed by atoms with Crippen LogP contribution in [0.25, 0.3) is 0 Å². The lowest BCUT2D eigenvalue weighted by Crippen LogP contribution is -2.23. The number of hydrogen-bond donors (Lipinski definition) is 1. The zero-order chi connectivity index (χ0) is 8.53. The Morgan fingerprint density at radius 1 is 1.55 bits per heavy atom. The minimum Gasteiger partial charge on any atom is -0.315 e. The molecule has 0 spiro atoms. The van der Waals surface area contributed by atoms with Crippen molar-refractivity contribution in [1.29, 1.82) is 0 Å². The van der Waals surface area contributed by atoms with Crippen LogP contribution in [0.2, 0.25) is 0 Å². The summed E-state index contributed by atoms with van der Waals surface area (Å²) in [5.74, 6) is 5.90. The van der Waals surface area contributed by atoms with E-state index in [1.165, 1.54) is 0 Å². The Balaban J connectivity index is 3.05. The molecule has 0 rings (SSSR count). The second kappa shape index (κ2) is 7.97. The minimum absolute atomic E-state index is 0.713. The normalized spacial score (nSPS) is 11.9. The van der Waals surface area contributed by atoms with Gasteiger partial charge in [-0.05, 0) is 13.2 Å². The van der Waals surface area contributed by atoms with Gasteiger partial charge in [-0.15, -0.1) is 11.8 Å². The molecule has 0 aromatic rings. The van der Waals surface area contributed by atoms with E-state index in [4.69, 9.17) is 0 Å². The van der Waals surface area contributed by atoms with Gasteiger partial charge in [-0.3, -0.25) is 0 Å². The van der Waals surface area contributed by atoms with Crippen molar-refractivity contribution in [1.82, 2.24) is 5.32 Å². The van der Waals surface area contributed by atoms with Crippen LogP contribution in [0.1, 0.15) is 20.3 Å². The molecule has 0 saturated heterocycles. The summed E-state index contributed by atoms with van der Waals surface area (Å²) in [5.41, 5.74) is 0. The third-order valence-electron chi connectivity index (χ3n) is 1.44. The summed E-state index contributed by atoms with van der Waals surface area (Å²) in [6, 6.07) is 0. The van der Waals surface area contributed by atoms with Crippen molar-refractivity contribution in [3.05, 3.63) is 0 Å². The second-order valence-corrected chi connectivity index (χ2v) is 3.70. The van der Waals surface area contributed by atoms with Gasteiger partial charge < -0.3 is 5.32 Å². The Kier molecular flexibility index (Phi) is 7.88. The van der Waals surface area contributed by atoms with Crippen LogP contribution in [0, 0.1) is 11.8 Å². The van der Waals surface area contributed by atoms with Crippen LogP contribution < -0.4 is 5.32 Å². The van der Waals surface area contributed by atoms with Crippen molar-refractivity contribution in [3.63, 3.8) is 0 Å². The number of rotatable bonds is 5. The molecule has 0 radical (unpaired) electrons. The Morgan fingerprint density at radius 3 is 2.82 bits per heavy atom. The lowest BCUT2D eigenvalue weighted by atomic mass is 10.4. The van der Waals surface area contributed by atoms with Crippen molar-refractivity contribution in [2.45, 2.75) is 25.5 Å². The van der Waals surface area contributed by atoms with E-state index in [0.29, 0.717) is 5.25 Å². The lowest BCUT2D eigenvalue weighted by Gasteiger charge is -2.07. The Bertz CT molecular complexity index is 134. The number of nitrogens with one attached hydrogen (secondary N) is 1. The molecular weight excluding hydrogens is 154 g/mol. The summed E-state index contributed by atoms with van der Waals surface area (Å²) in [5, 5.41) is 4.06. The van der Waals surface area contributed by atoms with Gasteiger partial charge in [0.1, 0.15) is 0 Å². The van der Waals surface area contributed by atoms with Crippen molar-refractivity contribution in [2.24, 2.45) is 0 Å². The van der Waals surface area contributed by atoms with Crippen LogP contribution in [0.15, 0.2) is 0 Å². The van der Waals surface area contributed by atoms with Gasteiger partial charge in [0.25, 0.3) is 0 Å². The van der Waals surface area contributed by atoms with E-state index < -0.39 is 0 Å². The van der Waals surface area contributed by atoms with Crippen LogP contribution in [-0.4, -0.2) is 24.6 Å². The summed E-state index contributed by atoms with van der Waals surface area (Å²) in [7, 11) is 0. The molecule has 0 aliphatic rings. The first-order chi connectivity index (χ1) is 5.31. The molecule has 64 valence electrons. The molecule has 0 aliphatic heterocycles. The van der Waals surface area contributed by atoms with Crippen molar-refractivity contribution >= 4 is 11.8 Å². The topological polar surface area (TPSA) is 12.0 Å². The van der Waals surface area contributed by atoms with E-state index in [1.54, 1.807) is 0 Å². The molecule has 1 unspecified atom stereocenters. The van der Waals surface area contributed by atoms with Crippen molar-refractivity contribution in [2.75, 3.05) is 19.3 Å². The highest BCUT2D eigenvalue weighted by atomic mass is 32.2. The van der Waals surface area contributed by atoms with Crippen molar-refractivity contribution < 1.29 is 0 Å². The van der Waals surface area contributed by atoms with Gasteiger partial charge in [0.2, 0.25) is 0 Å². The quantitative estimate of drug-likeness (QED) is 0.499. The maximum absolute atomic E-state index is 3.35. The average Bonchev–Trinajstić information content (AvgIpc) is 2.04. The highest BCUT2D eigenvalue weighted by Crippen LogP contribution is 2.01. The molecular formula is C9H17NS. The van der Waals surface area contributed by atoms with Crippen LogP contribution in [-0.2, 0) is 0 Å². The zero-order valence-corrected chi connectivity index (χ0v) is 8.42. The van der Waals surface area contributed by atoms with E-state index in [-0.39, 0.29) is 0 Å². The summed E-state index contributed by atoms with van der Waals surface area (Å²) in [6.45, 7) is 6.21. The molecule has 2 heteroatoms. The first kappa shape index (κ1) is 10.9. The highest BCUT2D eigenvalue weighted by molar-refractivity contribution is 7.99. The van der Waals surface area contributed by atoms with Crippen LogP contribution in [0.5, 0.6) is 0 Å². The smallest absolute Gasteiger partial charge is 0.0214 e. The maximum Gasteiger partial charge on any atom is 0.0214 e. The molecule has 0 fully saturated rings. The lowest BCUT2D eigenvalue weighted by molar-refractivity contribution is 0.692. The molecule has 0 bridgehead atoms. The van der Waals surface area contributed by atoms with E-state index >= 15 is 0 Å². The largest absolute Gasteiger partial charge is 0.315 e. The molecule has 1 nitrogen and oxygen atoms in total. The third-order valence-corrected chi connectivity index (χ3v) is 2.41. The highest BCUT2D eigenvalue weighted by Gasteiger charge is 1.95. The fourth-order valence-electron chi connectivity index (χ4n) is 0.665. The van der Waals surface area contributed by atoms with Gasteiger partial charge >= 0.3 is 0 Å². The summed E-state index contributed by atoms with van der Waals surface area (Å²) >= 11 is 1.89. The summed E-state index contributed by atoms with van der Waals surface area (Å²) < 4.78 is 0. The third kappa shape index (κ3) is 7.77. The minimum atomic E-state index is 0.713. The molecule has 0 aliphatic carbocycles. The molecule has 0 heterocycles. The first-order valence-corrected chi connectivity index (χ1v) is 5.23. The van der Waals surface area contributed by atoms with Gasteiger partial charge in [0.05, 0.1) is 0 Å². The predicted molar refractivity (Wildman–Crippen MR) is 53.9 cm³/mol. The van der Waals surface area contributed by atoms with E-state index in [2.05, 4.69) is 30.3 Å². The molecule has 1 N–H and O–H groups in total. The summed E-state index contributed by atoms with van der Waals surface area (Å²) in [4.78, 5) is 0. The SMILES string of the molecule is CC#CCCNCC(C)SC. The molecule has 1 atom stereocenters. The first-order valence-electron chi connectivity index (χ1n) is 3.94. The number of thioether (sulfide) groups is 1. The number of hydrogen-bond acceptors (Lipinski definition) is 2. The molecule has 0 saturated carbocycles. The van der Waals surface area contributed by atoms with Gasteiger partial charge in [-0.25, -0.2) is 0 Å². The fourth-order valence-corrected chi connectivity index (χ4v) is 0.949.